The Bertz CT molecular complexity index is 993. The summed E-state index contributed by atoms with van der Waals surface area (Å²) in [6.45, 7) is 3.94. The number of benzene rings is 1. The molecule has 1 atom stereocenters. The van der Waals surface area contributed by atoms with E-state index in [4.69, 9.17) is 4.74 Å². The molecule has 154 valence electrons. The number of nitrogens with zero attached hydrogens (tertiary/aromatic N) is 3. The Balaban J connectivity index is 1.35. The molecule has 0 unspecified atom stereocenters. The van der Waals surface area contributed by atoms with Crippen molar-refractivity contribution < 1.29 is 9.53 Å². The number of amides is 1. The molecule has 1 N–H and O–H groups in total. The number of hydrogen-bond acceptors (Lipinski definition) is 5. The number of fused-ring (bicyclic) bond motifs is 1. The first-order valence-electron chi connectivity index (χ1n) is 10.8. The van der Waals surface area contributed by atoms with Crippen molar-refractivity contribution in [2.75, 3.05) is 13.1 Å². The fourth-order valence-electron chi connectivity index (χ4n) is 4.21. The van der Waals surface area contributed by atoms with E-state index in [1.165, 1.54) is 17.5 Å². The Morgan fingerprint density at radius 2 is 2.03 bits per heavy atom. The summed E-state index contributed by atoms with van der Waals surface area (Å²) in [7, 11) is 0. The van der Waals surface area contributed by atoms with Gasteiger partial charge in [0.05, 0.1) is 10.8 Å². The van der Waals surface area contributed by atoms with Gasteiger partial charge in [-0.2, -0.15) is 0 Å². The molecule has 2 saturated carbocycles. The molecule has 5 rings (SSSR count). The van der Waals surface area contributed by atoms with E-state index < -0.39 is 0 Å². The van der Waals surface area contributed by atoms with Crippen LogP contribution in [-0.2, 0) is 11.3 Å². The molecule has 3 aliphatic rings. The number of aryl methyl sites for hydroxylation is 1. The van der Waals surface area contributed by atoms with Gasteiger partial charge in [-0.25, -0.2) is 4.68 Å². The van der Waals surface area contributed by atoms with Gasteiger partial charge in [-0.1, -0.05) is 11.6 Å². The van der Waals surface area contributed by atoms with Gasteiger partial charge in [-0.3, -0.25) is 14.5 Å². The largest absolute Gasteiger partial charge is 0.473 e. The lowest BCUT2D eigenvalue weighted by molar-refractivity contribution is -0.123. The SMILES string of the molecule is Cc1ccc2c(=O)n(CC(=O)N[C@H]3CCCN(C4CC4)C3)nc(OC3CC3)c2c1. The molecule has 1 saturated heterocycles. The summed E-state index contributed by atoms with van der Waals surface area (Å²) in [4.78, 5) is 28.1. The molecule has 1 amide bonds. The first-order valence-corrected chi connectivity index (χ1v) is 10.8. The summed E-state index contributed by atoms with van der Waals surface area (Å²) in [5, 5.41) is 8.81. The smallest absolute Gasteiger partial charge is 0.275 e. The number of aromatic nitrogens is 2. The Labute approximate surface area is 170 Å². The van der Waals surface area contributed by atoms with E-state index in [2.05, 4.69) is 15.3 Å². The summed E-state index contributed by atoms with van der Waals surface area (Å²) in [5.41, 5.74) is 0.800. The minimum absolute atomic E-state index is 0.0798. The van der Waals surface area contributed by atoms with Crippen LogP contribution in [0.15, 0.2) is 23.0 Å². The van der Waals surface area contributed by atoms with Crippen LogP contribution in [-0.4, -0.2) is 51.9 Å². The number of carbonyl (C=O) groups is 1. The highest BCUT2D eigenvalue weighted by atomic mass is 16.5. The standard InChI is InChI=1S/C22H28N4O3/c1-14-4-9-18-19(11-14)21(29-17-7-8-17)24-26(22(18)28)13-20(27)23-15-3-2-10-25(12-15)16-5-6-16/h4,9,11,15-17H,2-3,5-8,10,12-13H2,1H3,(H,23,27)/t15-/m0/s1. The third-order valence-corrected chi connectivity index (χ3v) is 6.06. The van der Waals surface area contributed by atoms with Gasteiger partial charge in [-0.15, -0.1) is 5.10 Å². The van der Waals surface area contributed by atoms with Crippen LogP contribution in [0.5, 0.6) is 5.88 Å². The zero-order valence-electron chi connectivity index (χ0n) is 16.9. The van der Waals surface area contributed by atoms with Crippen LogP contribution in [0.25, 0.3) is 10.8 Å². The number of carbonyl (C=O) groups excluding carboxylic acids is 1. The second-order valence-corrected chi connectivity index (χ2v) is 8.77. The van der Waals surface area contributed by atoms with E-state index in [1.807, 2.05) is 19.1 Å². The zero-order valence-corrected chi connectivity index (χ0v) is 16.9. The maximum Gasteiger partial charge on any atom is 0.275 e. The summed E-state index contributed by atoms with van der Waals surface area (Å²) in [6.07, 6.45) is 6.84. The van der Waals surface area contributed by atoms with Gasteiger partial charge >= 0.3 is 0 Å². The highest BCUT2D eigenvalue weighted by Gasteiger charge is 2.33. The lowest BCUT2D eigenvalue weighted by Gasteiger charge is -2.33. The molecule has 0 radical (unpaired) electrons. The molecule has 7 heteroatoms. The molecule has 2 aliphatic carbocycles. The van der Waals surface area contributed by atoms with Crippen molar-refractivity contribution in [3.05, 3.63) is 34.1 Å². The quantitative estimate of drug-likeness (QED) is 0.808. The van der Waals surface area contributed by atoms with Gasteiger partial charge < -0.3 is 10.1 Å². The van der Waals surface area contributed by atoms with Crippen molar-refractivity contribution in [3.63, 3.8) is 0 Å². The van der Waals surface area contributed by atoms with Gasteiger partial charge in [0, 0.05) is 18.6 Å². The number of nitrogens with one attached hydrogen (secondary N) is 1. The molecule has 1 aromatic carbocycles. The third-order valence-electron chi connectivity index (χ3n) is 6.06. The second-order valence-electron chi connectivity index (χ2n) is 8.77. The summed E-state index contributed by atoms with van der Waals surface area (Å²) < 4.78 is 7.22. The molecule has 0 bridgehead atoms. The van der Waals surface area contributed by atoms with E-state index in [-0.39, 0.29) is 30.2 Å². The van der Waals surface area contributed by atoms with Crippen LogP contribution in [0.1, 0.15) is 44.1 Å². The van der Waals surface area contributed by atoms with Crippen LogP contribution >= 0.6 is 0 Å². The number of hydrogen-bond donors (Lipinski definition) is 1. The van der Waals surface area contributed by atoms with Crippen LogP contribution in [0, 0.1) is 6.92 Å². The van der Waals surface area contributed by atoms with E-state index in [9.17, 15) is 9.59 Å². The average Bonchev–Trinajstić information content (AvgIpc) is 3.60. The Morgan fingerprint density at radius 1 is 1.21 bits per heavy atom. The number of rotatable bonds is 6. The van der Waals surface area contributed by atoms with Crippen molar-refractivity contribution in [3.8, 4) is 5.88 Å². The summed E-state index contributed by atoms with van der Waals surface area (Å²) in [5.74, 6) is 0.294. The topological polar surface area (TPSA) is 76.5 Å². The van der Waals surface area contributed by atoms with Crippen molar-refractivity contribution >= 4 is 16.7 Å². The third kappa shape index (κ3) is 4.15. The molecule has 1 aliphatic heterocycles. The lowest BCUT2D eigenvalue weighted by Crippen LogP contribution is -2.49. The lowest BCUT2D eigenvalue weighted by atomic mass is 10.1. The van der Waals surface area contributed by atoms with Crippen molar-refractivity contribution in [1.82, 2.24) is 20.0 Å². The summed E-state index contributed by atoms with van der Waals surface area (Å²) >= 11 is 0. The predicted octanol–water partition coefficient (Wildman–Crippen LogP) is 1.99. The molecule has 7 nitrogen and oxygen atoms in total. The van der Waals surface area contributed by atoms with Crippen molar-refractivity contribution in [2.24, 2.45) is 0 Å². The van der Waals surface area contributed by atoms with Crippen molar-refractivity contribution in [2.45, 2.75) is 70.2 Å². The minimum Gasteiger partial charge on any atom is -0.473 e. The number of piperidine rings is 1. The second kappa shape index (κ2) is 7.44. The fraction of sp³-hybridized carbons (Fsp3) is 0.591. The molecular weight excluding hydrogens is 368 g/mol. The maximum absolute atomic E-state index is 12.9. The normalized spacial score (nSPS) is 22.6. The predicted molar refractivity (Wildman–Crippen MR) is 110 cm³/mol. The van der Waals surface area contributed by atoms with Gasteiger partial charge in [0.25, 0.3) is 5.56 Å². The molecule has 29 heavy (non-hydrogen) atoms. The van der Waals surface area contributed by atoms with Gasteiger partial charge in [0.15, 0.2) is 0 Å². The highest BCUT2D eigenvalue weighted by molar-refractivity contribution is 5.87. The summed E-state index contributed by atoms with van der Waals surface area (Å²) in [6, 6.07) is 6.50. The Kier molecular flexibility index (Phi) is 4.78. The van der Waals surface area contributed by atoms with E-state index >= 15 is 0 Å². The zero-order chi connectivity index (χ0) is 20.0. The number of likely N-dealkylation sites (tertiary alicyclic amines) is 1. The van der Waals surface area contributed by atoms with Crippen LogP contribution < -0.4 is 15.6 Å². The fourth-order valence-corrected chi connectivity index (χ4v) is 4.21. The van der Waals surface area contributed by atoms with Gasteiger partial charge in [0.2, 0.25) is 11.8 Å². The first-order chi connectivity index (χ1) is 14.1. The van der Waals surface area contributed by atoms with Crippen LogP contribution in [0.3, 0.4) is 0 Å². The molecule has 3 fully saturated rings. The monoisotopic (exact) mass is 396 g/mol. The van der Waals surface area contributed by atoms with Crippen LogP contribution in [0.2, 0.25) is 0 Å². The van der Waals surface area contributed by atoms with E-state index in [0.29, 0.717) is 17.3 Å². The molecule has 1 aromatic heterocycles. The average molecular weight is 396 g/mol. The van der Waals surface area contributed by atoms with Gasteiger partial charge in [-0.05, 0) is 64.1 Å². The van der Waals surface area contributed by atoms with Crippen molar-refractivity contribution in [1.29, 1.82) is 0 Å². The molecule has 2 aromatic rings. The van der Waals surface area contributed by atoms with E-state index in [1.54, 1.807) is 6.07 Å². The molecule has 0 spiro atoms. The van der Waals surface area contributed by atoms with Gasteiger partial charge in [0.1, 0.15) is 12.6 Å². The van der Waals surface area contributed by atoms with Crippen LogP contribution in [0.4, 0.5) is 0 Å². The highest BCUT2D eigenvalue weighted by Crippen LogP contribution is 2.30. The number of ether oxygens (including phenoxy) is 1. The molecule has 2 heterocycles. The van der Waals surface area contributed by atoms with E-state index in [0.717, 1.165) is 49.7 Å². The first kappa shape index (κ1) is 18.6. The molecular formula is C22H28N4O3. The minimum atomic E-state index is -0.249. The maximum atomic E-state index is 12.9. The Morgan fingerprint density at radius 3 is 2.79 bits per heavy atom. The Hall–Kier alpha value is -2.41.